The third-order valence-corrected chi connectivity index (χ3v) is 4.42. The van der Waals surface area contributed by atoms with Gasteiger partial charge in [-0.25, -0.2) is 4.68 Å². The number of anilines is 1. The van der Waals surface area contributed by atoms with Crippen LogP contribution in [0.2, 0.25) is 0 Å². The zero-order valence-corrected chi connectivity index (χ0v) is 13.3. The largest absolute Gasteiger partial charge is 0.476 e. The SMILES string of the molecule is Cc1c(OCC2CCN(C)CC2)nn(-c2ccccc2)c1N. The van der Waals surface area contributed by atoms with E-state index in [1.54, 1.807) is 4.68 Å². The quantitative estimate of drug-likeness (QED) is 0.942. The minimum atomic E-state index is 0.610. The van der Waals surface area contributed by atoms with Crippen molar-refractivity contribution in [2.75, 3.05) is 32.5 Å². The van der Waals surface area contributed by atoms with Crippen molar-refractivity contribution in [2.45, 2.75) is 19.8 Å². The molecule has 1 aliphatic heterocycles. The zero-order valence-electron chi connectivity index (χ0n) is 13.3. The molecule has 0 unspecified atom stereocenters. The molecule has 1 saturated heterocycles. The van der Waals surface area contributed by atoms with Gasteiger partial charge in [-0.2, -0.15) is 0 Å². The van der Waals surface area contributed by atoms with Gasteiger partial charge >= 0.3 is 0 Å². The third kappa shape index (κ3) is 3.09. The lowest BCUT2D eigenvalue weighted by molar-refractivity contribution is 0.156. The lowest BCUT2D eigenvalue weighted by Gasteiger charge is -2.28. The van der Waals surface area contributed by atoms with Crippen molar-refractivity contribution < 1.29 is 4.74 Å². The van der Waals surface area contributed by atoms with E-state index in [2.05, 4.69) is 17.0 Å². The lowest BCUT2D eigenvalue weighted by Crippen LogP contribution is -2.32. The maximum Gasteiger partial charge on any atom is 0.238 e. The van der Waals surface area contributed by atoms with Crippen LogP contribution in [0.1, 0.15) is 18.4 Å². The summed E-state index contributed by atoms with van der Waals surface area (Å²) in [4.78, 5) is 2.36. The molecule has 0 amide bonds. The fourth-order valence-corrected chi connectivity index (χ4v) is 2.82. The molecule has 22 heavy (non-hydrogen) atoms. The molecule has 0 aliphatic carbocycles. The van der Waals surface area contributed by atoms with E-state index >= 15 is 0 Å². The van der Waals surface area contributed by atoms with Crippen molar-refractivity contribution in [2.24, 2.45) is 5.92 Å². The minimum absolute atomic E-state index is 0.610. The summed E-state index contributed by atoms with van der Waals surface area (Å²) in [7, 11) is 2.17. The van der Waals surface area contributed by atoms with Crippen molar-refractivity contribution in [3.8, 4) is 11.6 Å². The fraction of sp³-hybridized carbons (Fsp3) is 0.471. The molecule has 0 radical (unpaired) electrons. The highest BCUT2D eigenvalue weighted by Gasteiger charge is 2.19. The van der Waals surface area contributed by atoms with Crippen LogP contribution in [0.25, 0.3) is 5.69 Å². The van der Waals surface area contributed by atoms with E-state index < -0.39 is 0 Å². The molecule has 2 N–H and O–H groups in total. The lowest BCUT2D eigenvalue weighted by atomic mass is 9.98. The molecule has 118 valence electrons. The Balaban J connectivity index is 1.70. The van der Waals surface area contributed by atoms with Crippen molar-refractivity contribution in [3.63, 3.8) is 0 Å². The van der Waals surface area contributed by atoms with E-state index in [0.29, 0.717) is 17.6 Å². The summed E-state index contributed by atoms with van der Waals surface area (Å²) in [6.07, 6.45) is 2.37. The van der Waals surface area contributed by atoms with E-state index in [1.165, 1.54) is 12.8 Å². The zero-order chi connectivity index (χ0) is 15.5. The van der Waals surface area contributed by atoms with Crippen LogP contribution in [0.5, 0.6) is 5.88 Å². The van der Waals surface area contributed by atoms with Crippen LogP contribution < -0.4 is 10.5 Å². The predicted octanol–water partition coefficient (Wildman–Crippen LogP) is 2.48. The molecule has 5 heteroatoms. The molecular weight excluding hydrogens is 276 g/mol. The van der Waals surface area contributed by atoms with Gasteiger partial charge in [0.15, 0.2) is 0 Å². The minimum Gasteiger partial charge on any atom is -0.476 e. The predicted molar refractivity (Wildman–Crippen MR) is 88.4 cm³/mol. The van der Waals surface area contributed by atoms with Gasteiger partial charge in [-0.05, 0) is 58.0 Å². The molecule has 2 heterocycles. The average molecular weight is 300 g/mol. The molecule has 0 bridgehead atoms. The molecule has 3 rings (SSSR count). The number of ether oxygens (including phenoxy) is 1. The normalized spacial score (nSPS) is 16.8. The second kappa shape index (κ2) is 6.40. The number of piperidine rings is 1. The monoisotopic (exact) mass is 300 g/mol. The second-order valence-electron chi connectivity index (χ2n) is 6.12. The molecule has 5 nitrogen and oxygen atoms in total. The highest BCUT2D eigenvalue weighted by atomic mass is 16.5. The van der Waals surface area contributed by atoms with Gasteiger partial charge in [0.2, 0.25) is 5.88 Å². The van der Waals surface area contributed by atoms with Crippen LogP contribution in [0, 0.1) is 12.8 Å². The number of para-hydroxylation sites is 1. The maximum absolute atomic E-state index is 6.18. The van der Waals surface area contributed by atoms with Gasteiger partial charge in [0, 0.05) is 0 Å². The van der Waals surface area contributed by atoms with Crippen LogP contribution in [0.3, 0.4) is 0 Å². The van der Waals surface area contributed by atoms with E-state index in [0.717, 1.165) is 30.9 Å². The van der Waals surface area contributed by atoms with Gasteiger partial charge < -0.3 is 15.4 Å². The highest BCUT2D eigenvalue weighted by molar-refractivity contribution is 5.51. The number of aromatic nitrogens is 2. The van der Waals surface area contributed by atoms with Gasteiger partial charge in [0.25, 0.3) is 0 Å². The first-order valence-corrected chi connectivity index (χ1v) is 7.87. The smallest absolute Gasteiger partial charge is 0.238 e. The van der Waals surface area contributed by atoms with Crippen LogP contribution in [-0.2, 0) is 0 Å². The summed E-state index contributed by atoms with van der Waals surface area (Å²) < 4.78 is 7.71. The maximum atomic E-state index is 6.18. The number of benzene rings is 1. The molecule has 0 spiro atoms. The summed E-state index contributed by atoms with van der Waals surface area (Å²) >= 11 is 0. The van der Waals surface area contributed by atoms with Crippen molar-refractivity contribution in [1.29, 1.82) is 0 Å². The summed E-state index contributed by atoms with van der Waals surface area (Å²) in [5.41, 5.74) is 8.05. The number of rotatable bonds is 4. The number of nitrogens with zero attached hydrogens (tertiary/aromatic N) is 3. The van der Waals surface area contributed by atoms with Gasteiger partial charge in [-0.15, -0.1) is 5.10 Å². The van der Waals surface area contributed by atoms with Crippen LogP contribution in [0.15, 0.2) is 30.3 Å². The molecular formula is C17H24N4O. The summed E-state index contributed by atoms with van der Waals surface area (Å²) in [5, 5.41) is 4.54. The Labute approximate surface area is 131 Å². The number of hydrogen-bond donors (Lipinski definition) is 1. The third-order valence-electron chi connectivity index (χ3n) is 4.42. The van der Waals surface area contributed by atoms with Crippen molar-refractivity contribution in [1.82, 2.24) is 14.7 Å². The Bertz CT molecular complexity index is 615. The van der Waals surface area contributed by atoms with Crippen LogP contribution in [0.4, 0.5) is 5.82 Å². The highest BCUT2D eigenvalue weighted by Crippen LogP contribution is 2.26. The molecule has 0 atom stereocenters. The standard InChI is InChI=1S/C17H24N4O/c1-13-16(18)21(15-6-4-3-5-7-15)19-17(13)22-12-14-8-10-20(2)11-9-14/h3-7,14H,8-12,18H2,1-2H3. The Morgan fingerprint density at radius 1 is 1.23 bits per heavy atom. The summed E-state index contributed by atoms with van der Waals surface area (Å²) in [6.45, 7) is 4.98. The summed E-state index contributed by atoms with van der Waals surface area (Å²) in [6, 6.07) is 9.91. The molecule has 1 fully saturated rings. The summed E-state index contributed by atoms with van der Waals surface area (Å²) in [5.74, 6) is 1.91. The van der Waals surface area contributed by atoms with Crippen LogP contribution in [-0.4, -0.2) is 41.4 Å². The first kappa shape index (κ1) is 14.9. The van der Waals surface area contributed by atoms with Gasteiger partial charge in [0.1, 0.15) is 5.82 Å². The van der Waals surface area contributed by atoms with Crippen LogP contribution >= 0.6 is 0 Å². The van der Waals surface area contributed by atoms with Gasteiger partial charge in [-0.1, -0.05) is 18.2 Å². The number of hydrogen-bond acceptors (Lipinski definition) is 4. The Morgan fingerprint density at radius 2 is 1.91 bits per heavy atom. The molecule has 1 aliphatic rings. The van der Waals surface area contributed by atoms with E-state index in [9.17, 15) is 0 Å². The van der Waals surface area contributed by atoms with Gasteiger partial charge in [0.05, 0.1) is 17.9 Å². The Hall–Kier alpha value is -2.01. The second-order valence-corrected chi connectivity index (χ2v) is 6.12. The fourth-order valence-electron chi connectivity index (χ4n) is 2.82. The molecule has 0 saturated carbocycles. The first-order valence-electron chi connectivity index (χ1n) is 7.87. The number of nitrogens with two attached hydrogens (primary N) is 1. The first-order chi connectivity index (χ1) is 10.6. The van der Waals surface area contributed by atoms with E-state index in [4.69, 9.17) is 10.5 Å². The Morgan fingerprint density at radius 3 is 2.59 bits per heavy atom. The Kier molecular flexibility index (Phi) is 4.34. The molecule has 1 aromatic heterocycles. The number of nitrogen functional groups attached to an aromatic ring is 1. The van der Waals surface area contributed by atoms with Crippen molar-refractivity contribution >= 4 is 5.82 Å². The molecule has 1 aromatic carbocycles. The number of likely N-dealkylation sites (tertiary alicyclic amines) is 1. The van der Waals surface area contributed by atoms with E-state index in [-0.39, 0.29) is 0 Å². The van der Waals surface area contributed by atoms with Gasteiger partial charge in [-0.3, -0.25) is 0 Å². The molecule has 2 aromatic rings. The van der Waals surface area contributed by atoms with Crippen molar-refractivity contribution in [3.05, 3.63) is 35.9 Å². The average Bonchev–Trinajstić information content (AvgIpc) is 2.83. The topological polar surface area (TPSA) is 56.3 Å². The van der Waals surface area contributed by atoms with E-state index in [1.807, 2.05) is 37.3 Å².